The third-order valence-electron chi connectivity index (χ3n) is 5.61. The van der Waals surface area contributed by atoms with Gasteiger partial charge in [-0.1, -0.05) is 36.4 Å². The van der Waals surface area contributed by atoms with Crippen LogP contribution in [0.15, 0.2) is 79.0 Å². The standard InChI is InChI=1S/C24H13N3S/c1-4-10-21-14(6-1)17-12-20-16(13-22(17)28-21)15-7-5-11-25-23(15)24-26-18-8-2-3-9-19(18)27(20)24/h1-13H. The van der Waals surface area contributed by atoms with Gasteiger partial charge in [0.2, 0.25) is 0 Å². The number of thiophene rings is 1. The number of aromatic nitrogens is 3. The number of rotatable bonds is 0. The zero-order chi connectivity index (χ0) is 18.2. The average Bonchev–Trinajstić information content (AvgIpc) is 3.31. The smallest absolute Gasteiger partial charge is 0.165 e. The van der Waals surface area contributed by atoms with Crippen molar-refractivity contribution in [2.24, 2.45) is 0 Å². The fourth-order valence-electron chi connectivity index (χ4n) is 4.39. The average molecular weight is 375 g/mol. The fraction of sp³-hybridized carbons (Fsp3) is 0. The molecule has 28 heavy (non-hydrogen) atoms. The summed E-state index contributed by atoms with van der Waals surface area (Å²) in [5.74, 6) is 0. The molecule has 0 radical (unpaired) electrons. The van der Waals surface area contributed by atoms with Crippen LogP contribution in [0.1, 0.15) is 0 Å². The summed E-state index contributed by atoms with van der Waals surface area (Å²) in [6.07, 6.45) is 1.85. The van der Waals surface area contributed by atoms with Crippen LogP contribution >= 0.6 is 11.3 Å². The lowest BCUT2D eigenvalue weighted by Gasteiger charge is -2.09. The van der Waals surface area contributed by atoms with Crippen molar-refractivity contribution in [1.82, 2.24) is 14.4 Å². The van der Waals surface area contributed by atoms with Crippen LogP contribution < -0.4 is 0 Å². The van der Waals surface area contributed by atoms with E-state index in [0.29, 0.717) is 0 Å². The molecule has 4 heteroatoms. The Morgan fingerprint density at radius 2 is 1.54 bits per heavy atom. The summed E-state index contributed by atoms with van der Waals surface area (Å²) >= 11 is 1.85. The van der Waals surface area contributed by atoms with Crippen LogP contribution in [-0.4, -0.2) is 14.4 Å². The van der Waals surface area contributed by atoms with E-state index in [2.05, 4.69) is 65.1 Å². The van der Waals surface area contributed by atoms with Gasteiger partial charge in [-0.05, 0) is 36.4 Å². The van der Waals surface area contributed by atoms with Crippen LogP contribution in [0.2, 0.25) is 0 Å². The first kappa shape index (κ1) is 14.5. The molecule has 0 saturated carbocycles. The maximum absolute atomic E-state index is 4.93. The third kappa shape index (κ3) is 1.73. The van der Waals surface area contributed by atoms with Gasteiger partial charge in [0, 0.05) is 37.1 Å². The molecule has 7 rings (SSSR count). The lowest BCUT2D eigenvalue weighted by molar-refractivity contribution is 1.29. The lowest BCUT2D eigenvalue weighted by atomic mass is 10.1. The van der Waals surface area contributed by atoms with Gasteiger partial charge in [0.05, 0.1) is 16.6 Å². The zero-order valence-corrected chi connectivity index (χ0v) is 15.6. The first-order valence-electron chi connectivity index (χ1n) is 9.27. The van der Waals surface area contributed by atoms with E-state index >= 15 is 0 Å². The van der Waals surface area contributed by atoms with Crippen molar-refractivity contribution in [3.8, 4) is 0 Å². The second-order valence-electron chi connectivity index (χ2n) is 7.12. The highest BCUT2D eigenvalue weighted by Crippen LogP contribution is 2.39. The normalized spacial score (nSPS) is 12.3. The summed E-state index contributed by atoms with van der Waals surface area (Å²) in [7, 11) is 0. The summed E-state index contributed by atoms with van der Waals surface area (Å²) < 4.78 is 4.90. The molecule has 0 aliphatic heterocycles. The second kappa shape index (κ2) is 5.06. The van der Waals surface area contributed by atoms with E-state index in [4.69, 9.17) is 9.97 Å². The molecule has 0 aliphatic rings. The Hall–Kier alpha value is -3.50. The Balaban J connectivity index is 1.85. The summed E-state index contributed by atoms with van der Waals surface area (Å²) in [6.45, 7) is 0. The molecular formula is C24H13N3S. The molecular weight excluding hydrogens is 362 g/mol. The van der Waals surface area contributed by atoms with Gasteiger partial charge < -0.3 is 0 Å². The van der Waals surface area contributed by atoms with Crippen LogP contribution in [0, 0.1) is 0 Å². The molecule has 3 nitrogen and oxygen atoms in total. The molecule has 0 fully saturated rings. The van der Waals surface area contributed by atoms with Crippen molar-refractivity contribution in [2.45, 2.75) is 0 Å². The lowest BCUT2D eigenvalue weighted by Crippen LogP contribution is -1.93. The van der Waals surface area contributed by atoms with Crippen molar-refractivity contribution < 1.29 is 0 Å². The van der Waals surface area contributed by atoms with Gasteiger partial charge in [0.1, 0.15) is 5.52 Å². The van der Waals surface area contributed by atoms with E-state index in [9.17, 15) is 0 Å². The van der Waals surface area contributed by atoms with E-state index in [1.54, 1.807) is 0 Å². The highest BCUT2D eigenvalue weighted by atomic mass is 32.1. The van der Waals surface area contributed by atoms with Crippen molar-refractivity contribution in [3.05, 3.63) is 79.0 Å². The minimum Gasteiger partial charge on any atom is -0.290 e. The molecule has 0 N–H and O–H groups in total. The number of nitrogens with zero attached hydrogens (tertiary/aromatic N) is 3. The largest absolute Gasteiger partial charge is 0.290 e. The Kier molecular flexibility index (Phi) is 2.63. The van der Waals surface area contributed by atoms with E-state index in [1.807, 2.05) is 29.7 Å². The fourth-order valence-corrected chi connectivity index (χ4v) is 5.52. The molecule has 3 aromatic carbocycles. The van der Waals surface area contributed by atoms with Crippen LogP contribution in [0.25, 0.3) is 58.7 Å². The summed E-state index contributed by atoms with van der Waals surface area (Å²) in [5, 5.41) is 4.99. The molecule has 4 aromatic heterocycles. The van der Waals surface area contributed by atoms with Gasteiger partial charge in [-0.2, -0.15) is 0 Å². The molecule has 130 valence electrons. The molecule has 7 aromatic rings. The Morgan fingerprint density at radius 1 is 0.679 bits per heavy atom. The van der Waals surface area contributed by atoms with Crippen molar-refractivity contribution >= 4 is 70.0 Å². The second-order valence-corrected chi connectivity index (χ2v) is 8.21. The summed E-state index contributed by atoms with van der Waals surface area (Å²) in [5.41, 5.74) is 5.17. The Bertz CT molecular complexity index is 1720. The van der Waals surface area contributed by atoms with Crippen LogP contribution in [0.5, 0.6) is 0 Å². The van der Waals surface area contributed by atoms with Gasteiger partial charge in [-0.15, -0.1) is 11.3 Å². The third-order valence-corrected chi connectivity index (χ3v) is 6.74. The van der Waals surface area contributed by atoms with Crippen LogP contribution in [0.4, 0.5) is 0 Å². The monoisotopic (exact) mass is 375 g/mol. The van der Waals surface area contributed by atoms with Crippen molar-refractivity contribution in [1.29, 1.82) is 0 Å². The molecule has 4 heterocycles. The number of para-hydroxylation sites is 2. The van der Waals surface area contributed by atoms with E-state index in [-0.39, 0.29) is 0 Å². The van der Waals surface area contributed by atoms with Crippen LogP contribution in [0.3, 0.4) is 0 Å². The SMILES string of the molecule is c1ccc2c(c1)nc1c3ncccc3c3cc4sc5ccccc5c4cc3n21. The molecule has 0 unspecified atom stereocenters. The van der Waals surface area contributed by atoms with Gasteiger partial charge in [-0.25, -0.2) is 4.98 Å². The molecule has 0 amide bonds. The number of hydrogen-bond acceptors (Lipinski definition) is 3. The van der Waals surface area contributed by atoms with Gasteiger partial charge in [0.15, 0.2) is 5.65 Å². The van der Waals surface area contributed by atoms with Crippen LogP contribution in [-0.2, 0) is 0 Å². The number of fused-ring (bicyclic) bond motifs is 11. The molecule has 0 spiro atoms. The van der Waals surface area contributed by atoms with E-state index in [0.717, 1.165) is 27.6 Å². The van der Waals surface area contributed by atoms with Gasteiger partial charge >= 0.3 is 0 Å². The Morgan fingerprint density at radius 3 is 2.54 bits per heavy atom. The maximum Gasteiger partial charge on any atom is 0.165 e. The summed E-state index contributed by atoms with van der Waals surface area (Å²) in [4.78, 5) is 9.62. The van der Waals surface area contributed by atoms with Gasteiger partial charge in [-0.3, -0.25) is 9.38 Å². The minimum absolute atomic E-state index is 0.920. The molecule has 0 atom stereocenters. The van der Waals surface area contributed by atoms with E-state index in [1.165, 1.54) is 31.1 Å². The molecule has 0 saturated heterocycles. The minimum atomic E-state index is 0.920. The quantitative estimate of drug-likeness (QED) is 0.281. The summed E-state index contributed by atoms with van der Waals surface area (Å²) in [6, 6.07) is 25.8. The predicted molar refractivity (Wildman–Crippen MR) is 118 cm³/mol. The predicted octanol–water partition coefficient (Wildman–Crippen LogP) is 6.56. The van der Waals surface area contributed by atoms with Crippen molar-refractivity contribution in [3.63, 3.8) is 0 Å². The Labute approximate surface area is 163 Å². The number of pyridine rings is 2. The van der Waals surface area contributed by atoms with Crippen molar-refractivity contribution in [2.75, 3.05) is 0 Å². The maximum atomic E-state index is 4.93. The highest BCUT2D eigenvalue weighted by Gasteiger charge is 2.16. The van der Waals surface area contributed by atoms with E-state index < -0.39 is 0 Å². The highest BCUT2D eigenvalue weighted by molar-refractivity contribution is 7.25. The molecule has 0 bridgehead atoms. The first-order chi connectivity index (χ1) is 13.9. The molecule has 0 aliphatic carbocycles. The number of benzene rings is 3. The number of hydrogen-bond donors (Lipinski definition) is 0. The zero-order valence-electron chi connectivity index (χ0n) is 14.8. The van der Waals surface area contributed by atoms with Gasteiger partial charge in [0.25, 0.3) is 0 Å². The first-order valence-corrected chi connectivity index (χ1v) is 10.1. The topological polar surface area (TPSA) is 30.2 Å². The number of imidazole rings is 1.